The number of H-pyrrole nitrogens is 1. The average Bonchev–Trinajstić information content (AvgIpc) is 2.76. The molecular formula is C22H23N3O4S. The smallest absolute Gasteiger partial charge is 0.257 e. The van der Waals surface area contributed by atoms with Gasteiger partial charge in [-0.05, 0) is 30.5 Å². The molecule has 2 aromatic rings. The molecule has 0 saturated heterocycles. The summed E-state index contributed by atoms with van der Waals surface area (Å²) < 4.78 is 10.8. The number of hydrogen-bond acceptors (Lipinski definition) is 7. The quantitative estimate of drug-likeness (QED) is 0.415. The number of ketones is 1. The molecule has 0 bridgehead atoms. The number of nitrogens with zero attached hydrogens (tertiary/aromatic N) is 1. The Kier molecular flexibility index (Phi) is 5.67. The van der Waals surface area contributed by atoms with Crippen molar-refractivity contribution in [3.8, 4) is 11.5 Å². The lowest BCUT2D eigenvalue weighted by molar-refractivity contribution is -0.116. The van der Waals surface area contributed by atoms with Gasteiger partial charge >= 0.3 is 0 Å². The Balaban J connectivity index is 1.91. The van der Waals surface area contributed by atoms with Gasteiger partial charge in [-0.25, -0.2) is 4.98 Å². The summed E-state index contributed by atoms with van der Waals surface area (Å²) in [5.74, 6) is 1.80. The van der Waals surface area contributed by atoms with Crippen LogP contribution in [0.25, 0.3) is 0 Å². The third-order valence-corrected chi connectivity index (χ3v) is 6.18. The summed E-state index contributed by atoms with van der Waals surface area (Å²) in [4.78, 5) is 33.5. The van der Waals surface area contributed by atoms with Gasteiger partial charge in [-0.15, -0.1) is 6.58 Å². The minimum Gasteiger partial charge on any atom is -0.493 e. The van der Waals surface area contributed by atoms with E-state index in [-0.39, 0.29) is 11.3 Å². The molecule has 0 fully saturated rings. The largest absolute Gasteiger partial charge is 0.493 e. The predicted octanol–water partition coefficient (Wildman–Crippen LogP) is 3.63. The zero-order valence-electron chi connectivity index (χ0n) is 16.9. The van der Waals surface area contributed by atoms with Crippen LogP contribution in [-0.2, 0) is 4.79 Å². The second-order valence-electron chi connectivity index (χ2n) is 7.07. The summed E-state index contributed by atoms with van der Waals surface area (Å²) in [6.45, 7) is 3.71. The van der Waals surface area contributed by atoms with Crippen LogP contribution < -0.4 is 20.3 Å². The van der Waals surface area contributed by atoms with Gasteiger partial charge in [0.15, 0.2) is 22.4 Å². The van der Waals surface area contributed by atoms with Gasteiger partial charge in [0.1, 0.15) is 5.82 Å². The lowest BCUT2D eigenvalue weighted by Crippen LogP contribution is -2.32. The van der Waals surface area contributed by atoms with E-state index in [1.165, 1.54) is 11.8 Å². The van der Waals surface area contributed by atoms with E-state index in [1.54, 1.807) is 26.4 Å². The molecule has 30 heavy (non-hydrogen) atoms. The molecule has 1 aliphatic heterocycles. The van der Waals surface area contributed by atoms with Crippen LogP contribution in [0.3, 0.4) is 0 Å². The number of Topliss-reactive ketones (excluding diaryl/α,β-unsaturated/α-hetero) is 1. The van der Waals surface area contributed by atoms with Crippen LogP contribution >= 0.6 is 11.8 Å². The molecule has 1 aromatic heterocycles. The lowest BCUT2D eigenvalue weighted by atomic mass is 9.76. The Hall–Kier alpha value is -3.00. The number of fused-ring (bicyclic) bond motifs is 1. The topological polar surface area (TPSA) is 93.3 Å². The summed E-state index contributed by atoms with van der Waals surface area (Å²) in [6.07, 6.45) is 3.75. The van der Waals surface area contributed by atoms with Crippen molar-refractivity contribution < 1.29 is 14.3 Å². The van der Waals surface area contributed by atoms with Crippen molar-refractivity contribution in [1.29, 1.82) is 0 Å². The first-order chi connectivity index (χ1) is 14.6. The first-order valence-corrected chi connectivity index (χ1v) is 10.7. The zero-order chi connectivity index (χ0) is 21.3. The molecule has 1 aliphatic carbocycles. The second kappa shape index (κ2) is 8.39. The van der Waals surface area contributed by atoms with Crippen molar-refractivity contribution >= 4 is 23.4 Å². The Bertz CT molecular complexity index is 1110. The Morgan fingerprint density at radius 2 is 2.03 bits per heavy atom. The minimum atomic E-state index is -0.515. The molecule has 2 heterocycles. The summed E-state index contributed by atoms with van der Waals surface area (Å²) in [7, 11) is 3.13. The maximum atomic E-state index is 13.1. The molecular weight excluding hydrogens is 402 g/mol. The van der Waals surface area contributed by atoms with Crippen LogP contribution in [-0.4, -0.2) is 35.7 Å². The Morgan fingerprint density at radius 1 is 1.23 bits per heavy atom. The van der Waals surface area contributed by atoms with E-state index in [1.807, 2.05) is 12.1 Å². The second-order valence-corrected chi connectivity index (χ2v) is 8.08. The standard InChI is InChI=1S/C22H23N3O4S/c1-4-10-30-22-24-20-19(21(27)25-22)17(18-13(23-20)6-5-7-14(18)26)12-8-9-15(28-2)16(11-12)29-3/h4,8-9,11,17H,1,5-7,10H2,2-3H3,(H2,23,24,25,27). The molecule has 1 unspecified atom stereocenters. The molecule has 7 nitrogen and oxygen atoms in total. The molecule has 1 atom stereocenters. The first kappa shape index (κ1) is 20.3. The van der Waals surface area contributed by atoms with Crippen molar-refractivity contribution in [2.24, 2.45) is 0 Å². The van der Waals surface area contributed by atoms with Crippen molar-refractivity contribution in [2.45, 2.75) is 30.3 Å². The summed E-state index contributed by atoms with van der Waals surface area (Å²) >= 11 is 1.40. The van der Waals surface area contributed by atoms with Gasteiger partial charge in [0, 0.05) is 29.4 Å². The fourth-order valence-corrected chi connectivity index (χ4v) is 4.61. The molecule has 156 valence electrons. The highest BCUT2D eigenvalue weighted by molar-refractivity contribution is 7.99. The highest BCUT2D eigenvalue weighted by atomic mass is 32.2. The monoisotopic (exact) mass is 425 g/mol. The molecule has 4 rings (SSSR count). The van der Waals surface area contributed by atoms with Gasteiger partial charge in [0.05, 0.1) is 19.8 Å². The van der Waals surface area contributed by atoms with Gasteiger partial charge < -0.3 is 19.8 Å². The van der Waals surface area contributed by atoms with E-state index in [9.17, 15) is 9.59 Å². The van der Waals surface area contributed by atoms with Gasteiger partial charge in [-0.1, -0.05) is 23.9 Å². The number of nitrogens with one attached hydrogen (secondary N) is 2. The summed E-state index contributed by atoms with van der Waals surface area (Å²) in [5, 5.41) is 3.79. The van der Waals surface area contributed by atoms with E-state index < -0.39 is 5.92 Å². The highest BCUT2D eigenvalue weighted by Crippen LogP contribution is 2.45. The number of thioether (sulfide) groups is 1. The van der Waals surface area contributed by atoms with E-state index in [0.29, 0.717) is 45.8 Å². The molecule has 8 heteroatoms. The summed E-state index contributed by atoms with van der Waals surface area (Å²) in [6, 6.07) is 5.48. The number of methoxy groups -OCH3 is 2. The van der Waals surface area contributed by atoms with Crippen LogP contribution in [0.2, 0.25) is 0 Å². The normalized spacial score (nSPS) is 17.7. The van der Waals surface area contributed by atoms with E-state index in [0.717, 1.165) is 24.1 Å². The number of aromatic amines is 1. The van der Waals surface area contributed by atoms with Crippen LogP contribution in [0.5, 0.6) is 11.5 Å². The number of allylic oxidation sites excluding steroid dienone is 2. The number of carbonyl (C=O) groups is 1. The number of hydrogen-bond donors (Lipinski definition) is 2. The summed E-state index contributed by atoms with van der Waals surface area (Å²) in [5.41, 5.74) is 2.45. The molecule has 0 radical (unpaired) electrons. The zero-order valence-corrected chi connectivity index (χ0v) is 17.7. The van der Waals surface area contributed by atoms with Gasteiger partial charge in [0.25, 0.3) is 5.56 Å². The molecule has 2 N–H and O–H groups in total. The number of anilines is 1. The van der Waals surface area contributed by atoms with Crippen LogP contribution in [0.4, 0.5) is 5.82 Å². The van der Waals surface area contributed by atoms with E-state index >= 15 is 0 Å². The number of carbonyl (C=O) groups excluding carboxylic acids is 1. The van der Waals surface area contributed by atoms with Crippen LogP contribution in [0.15, 0.2) is 52.1 Å². The molecule has 0 spiro atoms. The van der Waals surface area contributed by atoms with Gasteiger partial charge in [-0.2, -0.15) is 0 Å². The third kappa shape index (κ3) is 3.52. The number of aromatic nitrogens is 2. The number of benzene rings is 1. The fourth-order valence-electron chi connectivity index (χ4n) is 4.01. The van der Waals surface area contributed by atoms with Crippen molar-refractivity contribution in [3.05, 3.63) is 63.6 Å². The van der Waals surface area contributed by atoms with E-state index in [4.69, 9.17) is 9.47 Å². The Labute approximate surface area is 178 Å². The molecule has 0 saturated carbocycles. The maximum absolute atomic E-state index is 13.1. The lowest BCUT2D eigenvalue weighted by Gasteiger charge is -2.33. The van der Waals surface area contributed by atoms with E-state index in [2.05, 4.69) is 21.9 Å². The number of ether oxygens (including phenoxy) is 2. The van der Waals surface area contributed by atoms with Crippen molar-refractivity contribution in [3.63, 3.8) is 0 Å². The van der Waals surface area contributed by atoms with Crippen molar-refractivity contribution in [1.82, 2.24) is 9.97 Å². The minimum absolute atomic E-state index is 0.0543. The Morgan fingerprint density at radius 3 is 2.77 bits per heavy atom. The molecule has 0 amide bonds. The van der Waals surface area contributed by atoms with Gasteiger partial charge in [0.2, 0.25) is 0 Å². The first-order valence-electron chi connectivity index (χ1n) is 9.70. The third-order valence-electron chi connectivity index (χ3n) is 5.32. The average molecular weight is 426 g/mol. The van der Waals surface area contributed by atoms with Gasteiger partial charge in [-0.3, -0.25) is 9.59 Å². The fraction of sp³-hybridized carbons (Fsp3) is 0.318. The van der Waals surface area contributed by atoms with Crippen LogP contribution in [0, 0.1) is 0 Å². The maximum Gasteiger partial charge on any atom is 0.257 e. The van der Waals surface area contributed by atoms with Crippen LogP contribution in [0.1, 0.15) is 36.3 Å². The van der Waals surface area contributed by atoms with Crippen molar-refractivity contribution in [2.75, 3.05) is 25.3 Å². The highest BCUT2D eigenvalue weighted by Gasteiger charge is 2.38. The molecule has 1 aromatic carbocycles. The number of rotatable bonds is 6. The predicted molar refractivity (Wildman–Crippen MR) is 117 cm³/mol. The molecule has 2 aliphatic rings. The SMILES string of the molecule is C=CCSc1nc2c(c(=O)[nH]1)C(c1ccc(OC)c(OC)c1)C1=C(CCCC1=O)N2.